The van der Waals surface area contributed by atoms with Crippen molar-refractivity contribution in [2.24, 2.45) is 0 Å². The molecule has 2 amide bonds. The fourth-order valence-electron chi connectivity index (χ4n) is 5.20. The van der Waals surface area contributed by atoms with Gasteiger partial charge in [0.05, 0.1) is 11.8 Å². The average Bonchev–Trinajstić information content (AvgIpc) is 3.46. The minimum absolute atomic E-state index is 0.0578. The molecule has 0 aliphatic carbocycles. The number of carbonyl (C=O) groups excluding carboxylic acids is 1. The molecule has 42 heavy (non-hydrogen) atoms. The van der Waals surface area contributed by atoms with Gasteiger partial charge in [-0.25, -0.2) is 14.3 Å². The highest BCUT2D eigenvalue weighted by atomic mass is 16.5. The number of hydrogen-bond donors (Lipinski definition) is 5. The first-order valence-corrected chi connectivity index (χ1v) is 14.9. The number of nitrogens with zero attached hydrogens (tertiary/aromatic N) is 4. The maximum atomic E-state index is 12.4. The number of benzene rings is 1. The molecule has 11 heteroatoms. The third kappa shape index (κ3) is 7.57. The van der Waals surface area contributed by atoms with Crippen LogP contribution in [0.4, 0.5) is 16.3 Å². The Hall–Kier alpha value is -3.25. The molecular formula is C31H47N7O4. The molecule has 1 aromatic carbocycles. The zero-order valence-electron chi connectivity index (χ0n) is 25.8. The van der Waals surface area contributed by atoms with Gasteiger partial charge in [-0.1, -0.05) is 32.9 Å². The fraction of sp³-hybridized carbons (Fsp3) is 0.581. The molecule has 3 heterocycles. The Morgan fingerprint density at radius 1 is 1.07 bits per heavy atom. The molecule has 4 rings (SSSR count). The van der Waals surface area contributed by atoms with Crippen LogP contribution in [0.25, 0.3) is 5.52 Å². The topological polar surface area (TPSA) is 136 Å². The Labute approximate surface area is 248 Å². The maximum absolute atomic E-state index is 12.4. The number of hydrogen-bond acceptors (Lipinski definition) is 8. The van der Waals surface area contributed by atoms with Crippen LogP contribution in [0.1, 0.15) is 72.2 Å². The summed E-state index contributed by atoms with van der Waals surface area (Å²) in [6.45, 7) is 16.3. The smallest absolute Gasteiger partial charge is 0.319 e. The Kier molecular flexibility index (Phi) is 10.1. The fourth-order valence-corrected chi connectivity index (χ4v) is 5.20. The number of aliphatic hydroxyl groups is 2. The maximum Gasteiger partial charge on any atom is 0.319 e. The van der Waals surface area contributed by atoms with Crippen LogP contribution in [-0.4, -0.2) is 85.8 Å². The monoisotopic (exact) mass is 581 g/mol. The molecule has 2 aromatic heterocycles. The van der Waals surface area contributed by atoms with Crippen LogP contribution in [0.5, 0.6) is 0 Å². The highest BCUT2D eigenvalue weighted by Gasteiger charge is 2.45. The van der Waals surface area contributed by atoms with Crippen molar-refractivity contribution >= 4 is 23.1 Å². The van der Waals surface area contributed by atoms with Crippen LogP contribution in [-0.2, 0) is 10.2 Å². The van der Waals surface area contributed by atoms with E-state index in [9.17, 15) is 15.0 Å². The predicted octanol–water partition coefficient (Wildman–Crippen LogP) is 3.93. The van der Waals surface area contributed by atoms with Gasteiger partial charge in [0.25, 0.3) is 0 Å². The number of carbonyl (C=O) groups is 1. The molecular weight excluding hydrogens is 534 g/mol. The van der Waals surface area contributed by atoms with E-state index in [1.807, 2.05) is 50.2 Å². The zero-order valence-corrected chi connectivity index (χ0v) is 25.8. The highest BCUT2D eigenvalue weighted by Crippen LogP contribution is 2.35. The van der Waals surface area contributed by atoms with E-state index in [4.69, 9.17) is 4.74 Å². The summed E-state index contributed by atoms with van der Waals surface area (Å²) in [6, 6.07) is 11.8. The molecule has 1 aliphatic heterocycles. The lowest BCUT2D eigenvalue weighted by atomic mass is 9.87. The van der Waals surface area contributed by atoms with Gasteiger partial charge in [-0.15, -0.1) is 0 Å². The van der Waals surface area contributed by atoms with Gasteiger partial charge < -0.3 is 30.9 Å². The third-order valence-electron chi connectivity index (χ3n) is 7.62. The first-order valence-electron chi connectivity index (χ1n) is 14.9. The molecule has 1 saturated heterocycles. The molecule has 0 bridgehead atoms. The number of nitrogens with one attached hydrogen (secondary N) is 3. The van der Waals surface area contributed by atoms with E-state index in [1.54, 1.807) is 4.52 Å². The second-order valence-electron chi connectivity index (χ2n) is 12.7. The molecule has 11 nitrogen and oxygen atoms in total. The van der Waals surface area contributed by atoms with E-state index in [0.29, 0.717) is 31.1 Å². The Morgan fingerprint density at radius 2 is 1.79 bits per heavy atom. The SMILES string of the molecule is CC(C)Nc1ncnn2c([C@@H]3O[C@H](CN(CCCNC(=O)Nc4ccc(C(C)(C)C)cc4)C(C)C)[C@@H](O)[C@H]3O)ccc12. The van der Waals surface area contributed by atoms with Gasteiger partial charge >= 0.3 is 6.03 Å². The lowest BCUT2D eigenvalue weighted by Crippen LogP contribution is -2.44. The van der Waals surface area contributed by atoms with Crippen molar-refractivity contribution in [3.05, 3.63) is 54.0 Å². The van der Waals surface area contributed by atoms with Gasteiger partial charge in [0.15, 0.2) is 5.82 Å². The number of rotatable bonds is 11. The zero-order chi connectivity index (χ0) is 30.6. The van der Waals surface area contributed by atoms with E-state index in [0.717, 1.165) is 17.6 Å². The molecule has 4 atom stereocenters. The van der Waals surface area contributed by atoms with Gasteiger partial charge in [0, 0.05) is 37.4 Å². The lowest BCUT2D eigenvalue weighted by molar-refractivity contribution is -0.0186. The van der Waals surface area contributed by atoms with E-state index in [-0.39, 0.29) is 23.5 Å². The normalized spacial score (nSPS) is 21.0. The summed E-state index contributed by atoms with van der Waals surface area (Å²) in [5, 5.41) is 35.4. The van der Waals surface area contributed by atoms with E-state index < -0.39 is 24.4 Å². The number of aromatic nitrogens is 3. The van der Waals surface area contributed by atoms with Gasteiger partial charge in [0.1, 0.15) is 30.2 Å². The van der Waals surface area contributed by atoms with Gasteiger partial charge in [-0.3, -0.25) is 4.90 Å². The minimum atomic E-state index is -1.10. The summed E-state index contributed by atoms with van der Waals surface area (Å²) in [6.07, 6.45) is -1.28. The van der Waals surface area contributed by atoms with Crippen molar-refractivity contribution in [2.75, 3.05) is 30.3 Å². The number of fused-ring (bicyclic) bond motifs is 1. The van der Waals surface area contributed by atoms with Crippen LogP contribution in [0.3, 0.4) is 0 Å². The molecule has 1 fully saturated rings. The Balaban J connectivity index is 1.30. The van der Waals surface area contributed by atoms with Crippen LogP contribution in [0.2, 0.25) is 0 Å². The van der Waals surface area contributed by atoms with Crippen LogP contribution in [0, 0.1) is 0 Å². The van der Waals surface area contributed by atoms with Crippen LogP contribution >= 0.6 is 0 Å². The summed E-state index contributed by atoms with van der Waals surface area (Å²) in [4.78, 5) is 18.9. The predicted molar refractivity (Wildman–Crippen MR) is 165 cm³/mol. The number of aliphatic hydroxyl groups excluding tert-OH is 2. The van der Waals surface area contributed by atoms with Crippen molar-refractivity contribution in [1.82, 2.24) is 24.8 Å². The van der Waals surface area contributed by atoms with Crippen molar-refractivity contribution in [3.8, 4) is 0 Å². The second kappa shape index (κ2) is 13.4. The number of ether oxygens (including phenoxy) is 1. The summed E-state index contributed by atoms with van der Waals surface area (Å²) < 4.78 is 7.96. The van der Waals surface area contributed by atoms with Crippen LogP contribution in [0.15, 0.2) is 42.7 Å². The van der Waals surface area contributed by atoms with E-state index in [1.165, 1.54) is 11.9 Å². The first-order chi connectivity index (χ1) is 19.8. The largest absolute Gasteiger partial charge is 0.388 e. The van der Waals surface area contributed by atoms with E-state index >= 15 is 0 Å². The van der Waals surface area contributed by atoms with Crippen molar-refractivity contribution in [3.63, 3.8) is 0 Å². The molecule has 5 N–H and O–H groups in total. The molecule has 1 aliphatic rings. The molecule has 0 spiro atoms. The molecule has 0 unspecified atom stereocenters. The Morgan fingerprint density at radius 3 is 2.43 bits per heavy atom. The van der Waals surface area contributed by atoms with E-state index in [2.05, 4.69) is 65.6 Å². The second-order valence-corrected chi connectivity index (χ2v) is 12.7. The average molecular weight is 582 g/mol. The van der Waals surface area contributed by atoms with Gasteiger partial charge in [-0.2, -0.15) is 5.10 Å². The molecule has 0 radical (unpaired) electrons. The molecule has 230 valence electrons. The quantitative estimate of drug-likeness (QED) is 0.215. The lowest BCUT2D eigenvalue weighted by Gasteiger charge is -2.30. The third-order valence-corrected chi connectivity index (χ3v) is 7.62. The summed E-state index contributed by atoms with van der Waals surface area (Å²) in [7, 11) is 0. The van der Waals surface area contributed by atoms with Crippen molar-refractivity contribution < 1.29 is 19.7 Å². The van der Waals surface area contributed by atoms with Gasteiger partial charge in [0.2, 0.25) is 0 Å². The number of amides is 2. The van der Waals surface area contributed by atoms with Gasteiger partial charge in [-0.05, 0) is 69.4 Å². The number of anilines is 2. The first kappa shape index (κ1) is 31.7. The summed E-state index contributed by atoms with van der Waals surface area (Å²) >= 11 is 0. The minimum Gasteiger partial charge on any atom is -0.388 e. The Bertz CT molecular complexity index is 1320. The highest BCUT2D eigenvalue weighted by molar-refractivity contribution is 5.89. The summed E-state index contributed by atoms with van der Waals surface area (Å²) in [5.74, 6) is 0.697. The number of urea groups is 1. The van der Waals surface area contributed by atoms with Crippen LogP contribution < -0.4 is 16.0 Å². The standard InChI is InChI=1S/C31H47N7O4/c1-19(2)35-29-24-14-13-23(38(24)34-18-33-29)28-27(40)26(39)25(42-28)17-37(20(3)4)16-8-15-32-30(41)36-22-11-9-21(10-12-22)31(5,6)7/h9-14,18-20,25-28,39-40H,8,15-17H2,1-7H3,(H2,32,36,41)(H,33,34,35)/t25-,26-,27-,28+/m1/s1. The van der Waals surface area contributed by atoms with Crippen molar-refractivity contribution in [2.45, 2.75) is 96.8 Å². The summed E-state index contributed by atoms with van der Waals surface area (Å²) in [5.41, 5.74) is 3.45. The van der Waals surface area contributed by atoms with Crippen molar-refractivity contribution in [1.29, 1.82) is 0 Å². The molecule has 3 aromatic rings. The molecule has 0 saturated carbocycles.